The minimum atomic E-state index is 0.414. The predicted molar refractivity (Wildman–Crippen MR) is 80.2 cm³/mol. The number of hydrogen-bond acceptors (Lipinski definition) is 2. The number of hydrogen-bond donors (Lipinski definition) is 1. The van der Waals surface area contributed by atoms with Gasteiger partial charge in [-0.1, -0.05) is 31.2 Å². The fourth-order valence-electron chi connectivity index (χ4n) is 3.79. The smallest absolute Gasteiger partial charge is 0.0476 e. The van der Waals surface area contributed by atoms with E-state index in [2.05, 4.69) is 43.0 Å². The third-order valence-corrected chi connectivity index (χ3v) is 4.83. The Morgan fingerprint density at radius 1 is 1.26 bits per heavy atom. The molecule has 2 heteroatoms. The van der Waals surface area contributed by atoms with Crippen LogP contribution < -0.4 is 5.73 Å². The Kier molecular flexibility index (Phi) is 3.64. The number of rotatable bonds is 4. The Morgan fingerprint density at radius 2 is 2.00 bits per heavy atom. The molecule has 0 bridgehead atoms. The van der Waals surface area contributed by atoms with Gasteiger partial charge in [-0.3, -0.25) is 4.90 Å². The van der Waals surface area contributed by atoms with Crippen LogP contribution in [0.3, 0.4) is 0 Å². The van der Waals surface area contributed by atoms with Crippen molar-refractivity contribution in [1.82, 2.24) is 4.90 Å². The van der Waals surface area contributed by atoms with Crippen LogP contribution in [-0.4, -0.2) is 24.0 Å². The summed E-state index contributed by atoms with van der Waals surface area (Å²) in [7, 11) is 0. The van der Waals surface area contributed by atoms with Crippen LogP contribution in [-0.2, 0) is 0 Å². The molecule has 2 fully saturated rings. The fourth-order valence-corrected chi connectivity index (χ4v) is 3.79. The van der Waals surface area contributed by atoms with Gasteiger partial charge in [0, 0.05) is 25.2 Å². The third-order valence-electron chi connectivity index (χ3n) is 4.83. The zero-order chi connectivity index (χ0) is 13.4. The molecule has 0 spiro atoms. The summed E-state index contributed by atoms with van der Waals surface area (Å²) in [5.41, 5.74) is 9.19. The van der Waals surface area contributed by atoms with Crippen molar-refractivity contribution in [3.63, 3.8) is 0 Å². The van der Waals surface area contributed by atoms with E-state index in [1.54, 1.807) is 5.56 Å². The van der Waals surface area contributed by atoms with Gasteiger partial charge in [0.2, 0.25) is 0 Å². The molecule has 1 aliphatic carbocycles. The number of nitrogens with two attached hydrogens (primary N) is 1. The average molecular weight is 258 g/mol. The van der Waals surface area contributed by atoms with E-state index in [9.17, 15) is 0 Å². The Morgan fingerprint density at radius 3 is 2.58 bits per heavy atom. The Hall–Kier alpha value is -0.860. The maximum Gasteiger partial charge on any atom is 0.0476 e. The van der Waals surface area contributed by atoms with Gasteiger partial charge >= 0.3 is 0 Å². The minimum absolute atomic E-state index is 0.414. The highest BCUT2D eigenvalue weighted by Crippen LogP contribution is 2.44. The minimum Gasteiger partial charge on any atom is -0.329 e. The first kappa shape index (κ1) is 13.1. The summed E-state index contributed by atoms with van der Waals surface area (Å²) in [4.78, 5) is 2.63. The second-order valence-corrected chi connectivity index (χ2v) is 6.54. The lowest BCUT2D eigenvalue weighted by atomic mass is 9.95. The number of nitrogens with zero attached hydrogens (tertiary/aromatic N) is 1. The molecule has 2 aliphatic rings. The monoisotopic (exact) mass is 258 g/mol. The van der Waals surface area contributed by atoms with Crippen LogP contribution in [0.1, 0.15) is 56.2 Å². The summed E-state index contributed by atoms with van der Waals surface area (Å²) < 4.78 is 0. The first-order valence-corrected chi connectivity index (χ1v) is 7.75. The van der Waals surface area contributed by atoms with E-state index >= 15 is 0 Å². The summed E-state index contributed by atoms with van der Waals surface area (Å²) in [6.07, 6.45) is 4.03. The van der Waals surface area contributed by atoms with Crippen LogP contribution in [0.4, 0.5) is 0 Å². The molecule has 1 saturated heterocycles. The summed E-state index contributed by atoms with van der Waals surface area (Å²) in [5, 5.41) is 0. The second kappa shape index (κ2) is 5.26. The lowest BCUT2D eigenvalue weighted by Gasteiger charge is -2.32. The summed E-state index contributed by atoms with van der Waals surface area (Å²) >= 11 is 0. The van der Waals surface area contributed by atoms with Crippen molar-refractivity contribution in [3.8, 4) is 0 Å². The zero-order valence-electron chi connectivity index (χ0n) is 12.2. The molecular formula is C17H26N2. The molecule has 0 amide bonds. The molecule has 1 aromatic rings. The molecule has 3 atom stereocenters. The van der Waals surface area contributed by atoms with Gasteiger partial charge in [-0.25, -0.2) is 0 Å². The highest BCUT2D eigenvalue weighted by atomic mass is 15.2. The first-order valence-electron chi connectivity index (χ1n) is 7.75. The van der Waals surface area contributed by atoms with Crippen molar-refractivity contribution in [2.75, 3.05) is 13.1 Å². The lowest BCUT2D eigenvalue weighted by Crippen LogP contribution is -2.36. The predicted octanol–water partition coefficient (Wildman–Crippen LogP) is 3.29. The molecule has 3 rings (SSSR count). The Labute approximate surface area is 117 Å². The van der Waals surface area contributed by atoms with Crippen LogP contribution >= 0.6 is 0 Å². The van der Waals surface area contributed by atoms with Crippen LogP contribution in [0.5, 0.6) is 0 Å². The number of likely N-dealkylation sites (tertiary alicyclic amines) is 1. The van der Waals surface area contributed by atoms with E-state index in [4.69, 9.17) is 5.73 Å². The van der Waals surface area contributed by atoms with Gasteiger partial charge in [-0.05, 0) is 49.1 Å². The summed E-state index contributed by atoms with van der Waals surface area (Å²) in [5.74, 6) is 1.61. The molecule has 0 aromatic heterocycles. The Balaban J connectivity index is 1.90. The highest BCUT2D eigenvalue weighted by molar-refractivity contribution is 5.36. The van der Waals surface area contributed by atoms with Crippen molar-refractivity contribution < 1.29 is 0 Å². The first-order chi connectivity index (χ1) is 9.20. The SMILES string of the molecule is CC1CC(C)N(C(CN)c2ccccc2C2CC2)C1. The number of benzene rings is 1. The highest BCUT2D eigenvalue weighted by Gasteiger charge is 2.35. The van der Waals surface area contributed by atoms with Gasteiger partial charge in [0.05, 0.1) is 0 Å². The van der Waals surface area contributed by atoms with Gasteiger partial charge in [0.1, 0.15) is 0 Å². The van der Waals surface area contributed by atoms with Gasteiger partial charge < -0.3 is 5.73 Å². The largest absolute Gasteiger partial charge is 0.329 e. The van der Waals surface area contributed by atoms with E-state index in [0.717, 1.165) is 18.4 Å². The molecule has 1 heterocycles. The average Bonchev–Trinajstić information content (AvgIpc) is 3.18. The molecule has 19 heavy (non-hydrogen) atoms. The van der Waals surface area contributed by atoms with Crippen LogP contribution in [0.15, 0.2) is 24.3 Å². The second-order valence-electron chi connectivity index (χ2n) is 6.54. The fraction of sp³-hybridized carbons (Fsp3) is 0.647. The van der Waals surface area contributed by atoms with Crippen LogP contribution in [0.2, 0.25) is 0 Å². The molecular weight excluding hydrogens is 232 g/mol. The van der Waals surface area contributed by atoms with E-state index in [1.807, 2.05) is 0 Å². The molecule has 0 radical (unpaired) electrons. The van der Waals surface area contributed by atoms with E-state index in [0.29, 0.717) is 12.1 Å². The van der Waals surface area contributed by atoms with Crippen molar-refractivity contribution >= 4 is 0 Å². The molecule has 2 nitrogen and oxygen atoms in total. The van der Waals surface area contributed by atoms with E-state index in [1.165, 1.54) is 31.4 Å². The molecule has 2 N–H and O–H groups in total. The maximum atomic E-state index is 6.14. The lowest BCUT2D eigenvalue weighted by molar-refractivity contribution is 0.191. The summed E-state index contributed by atoms with van der Waals surface area (Å²) in [6.45, 7) is 6.64. The standard InChI is InChI=1S/C17H26N2/c1-12-9-13(2)19(11-12)17(10-18)16-6-4-3-5-15(16)14-7-8-14/h3-6,12-14,17H,7-11,18H2,1-2H3. The third kappa shape index (κ3) is 2.56. The van der Waals surface area contributed by atoms with Gasteiger partial charge in [-0.15, -0.1) is 0 Å². The van der Waals surface area contributed by atoms with Crippen molar-refractivity contribution in [2.24, 2.45) is 11.7 Å². The van der Waals surface area contributed by atoms with Crippen LogP contribution in [0, 0.1) is 5.92 Å². The van der Waals surface area contributed by atoms with Gasteiger partial charge in [-0.2, -0.15) is 0 Å². The summed E-state index contributed by atoms with van der Waals surface area (Å²) in [6, 6.07) is 10.1. The van der Waals surface area contributed by atoms with Gasteiger partial charge in [0.25, 0.3) is 0 Å². The molecule has 104 valence electrons. The van der Waals surface area contributed by atoms with Gasteiger partial charge in [0.15, 0.2) is 0 Å². The molecule has 3 unspecified atom stereocenters. The maximum absolute atomic E-state index is 6.14. The molecule has 1 aliphatic heterocycles. The molecule has 1 saturated carbocycles. The van der Waals surface area contributed by atoms with Crippen molar-refractivity contribution in [1.29, 1.82) is 0 Å². The zero-order valence-corrected chi connectivity index (χ0v) is 12.2. The van der Waals surface area contributed by atoms with Crippen molar-refractivity contribution in [2.45, 2.75) is 51.1 Å². The quantitative estimate of drug-likeness (QED) is 0.898. The van der Waals surface area contributed by atoms with E-state index < -0.39 is 0 Å². The normalized spacial score (nSPS) is 29.6. The Bertz CT molecular complexity index is 439. The van der Waals surface area contributed by atoms with Crippen molar-refractivity contribution in [3.05, 3.63) is 35.4 Å². The van der Waals surface area contributed by atoms with Crippen LogP contribution in [0.25, 0.3) is 0 Å². The van der Waals surface area contributed by atoms with E-state index in [-0.39, 0.29) is 0 Å². The molecule has 1 aromatic carbocycles. The topological polar surface area (TPSA) is 29.3 Å².